The van der Waals surface area contributed by atoms with Gasteiger partial charge >= 0.3 is 6.03 Å². The van der Waals surface area contributed by atoms with Gasteiger partial charge in [0, 0.05) is 13.1 Å². The van der Waals surface area contributed by atoms with Gasteiger partial charge in [-0.2, -0.15) is 0 Å². The molecule has 0 saturated carbocycles. The second kappa shape index (κ2) is 8.01. The predicted molar refractivity (Wildman–Crippen MR) is 99.1 cm³/mol. The quantitative estimate of drug-likeness (QED) is 0.836. The summed E-state index contributed by atoms with van der Waals surface area (Å²) in [6.45, 7) is 3.04. The van der Waals surface area contributed by atoms with Crippen LogP contribution in [0.15, 0.2) is 48.5 Å². The number of nitrogens with one attached hydrogen (secondary N) is 2. The number of imide groups is 1. The van der Waals surface area contributed by atoms with Gasteiger partial charge in [-0.1, -0.05) is 42.0 Å². The zero-order chi connectivity index (χ0) is 18.5. The average Bonchev–Trinajstić information content (AvgIpc) is 3.09. The summed E-state index contributed by atoms with van der Waals surface area (Å²) in [5, 5.41) is 5.94. The molecule has 136 valence electrons. The fourth-order valence-electron chi connectivity index (χ4n) is 2.98. The van der Waals surface area contributed by atoms with Crippen LogP contribution in [0, 0.1) is 6.92 Å². The first-order valence-corrected chi connectivity index (χ1v) is 8.60. The number of ether oxygens (including phenoxy) is 1. The highest BCUT2D eigenvalue weighted by atomic mass is 16.5. The van der Waals surface area contributed by atoms with Crippen LogP contribution in [-0.2, 0) is 4.79 Å². The molecule has 2 N–H and O–H groups in total. The first-order valence-electron chi connectivity index (χ1n) is 8.60. The van der Waals surface area contributed by atoms with E-state index in [4.69, 9.17) is 4.74 Å². The molecule has 1 unspecified atom stereocenters. The number of carbonyl (C=O) groups excluding carboxylic acids is 2. The number of hydrogen-bond acceptors (Lipinski definition) is 4. The molecule has 2 aromatic carbocycles. The summed E-state index contributed by atoms with van der Waals surface area (Å²) in [6, 6.07) is 15.4. The fourth-order valence-corrected chi connectivity index (χ4v) is 2.98. The van der Waals surface area contributed by atoms with Gasteiger partial charge in [-0.3, -0.25) is 15.0 Å². The van der Waals surface area contributed by atoms with Crippen LogP contribution < -0.4 is 15.4 Å². The molecule has 6 heteroatoms. The topological polar surface area (TPSA) is 70.7 Å². The highest BCUT2D eigenvalue weighted by molar-refractivity contribution is 5.96. The summed E-state index contributed by atoms with van der Waals surface area (Å²) in [5.74, 6) is 0.548. The predicted octanol–water partition coefficient (Wildman–Crippen LogP) is 2.23. The summed E-state index contributed by atoms with van der Waals surface area (Å²) in [4.78, 5) is 25.3. The third-order valence-corrected chi connectivity index (χ3v) is 4.48. The highest BCUT2D eigenvalue weighted by Gasteiger charge is 2.26. The first-order chi connectivity index (χ1) is 12.6. The highest BCUT2D eigenvalue weighted by Crippen LogP contribution is 2.24. The molecule has 1 aliphatic rings. The Kier molecular flexibility index (Phi) is 5.53. The Morgan fingerprint density at radius 1 is 1.15 bits per heavy atom. The van der Waals surface area contributed by atoms with Gasteiger partial charge in [0.25, 0.3) is 0 Å². The van der Waals surface area contributed by atoms with Crippen LogP contribution in [0.1, 0.15) is 22.7 Å². The molecule has 1 heterocycles. The number of hydrogen-bond donors (Lipinski definition) is 2. The number of benzene rings is 2. The van der Waals surface area contributed by atoms with Gasteiger partial charge in [0.05, 0.1) is 19.7 Å². The Morgan fingerprint density at radius 2 is 1.77 bits per heavy atom. The molecule has 1 atom stereocenters. The standard InChI is InChI=1S/C20H23N3O3/c1-14-3-5-15(6-4-14)19(16-7-9-17(26-2)10-8-16)22-13-18(24)23-12-11-21-20(23)25/h3-10,19,22H,11-13H2,1-2H3,(H,21,25). The maximum Gasteiger partial charge on any atom is 0.324 e. The zero-order valence-electron chi connectivity index (χ0n) is 15.0. The van der Waals surface area contributed by atoms with E-state index in [9.17, 15) is 9.59 Å². The van der Waals surface area contributed by atoms with Crippen LogP contribution in [0.2, 0.25) is 0 Å². The van der Waals surface area contributed by atoms with E-state index < -0.39 is 0 Å². The smallest absolute Gasteiger partial charge is 0.324 e. The van der Waals surface area contributed by atoms with Crippen molar-refractivity contribution in [3.63, 3.8) is 0 Å². The zero-order valence-corrected chi connectivity index (χ0v) is 15.0. The van der Waals surface area contributed by atoms with Gasteiger partial charge in [-0.05, 0) is 30.2 Å². The number of amides is 3. The van der Waals surface area contributed by atoms with Crippen molar-refractivity contribution in [2.75, 3.05) is 26.7 Å². The van der Waals surface area contributed by atoms with Gasteiger partial charge in [0.2, 0.25) is 5.91 Å². The number of rotatable bonds is 6. The Balaban J connectivity index is 1.79. The maximum atomic E-state index is 12.4. The van der Waals surface area contributed by atoms with Gasteiger partial charge in [-0.25, -0.2) is 4.79 Å². The Hall–Kier alpha value is -2.86. The number of carbonyl (C=O) groups is 2. The third-order valence-electron chi connectivity index (χ3n) is 4.48. The molecule has 0 spiro atoms. The van der Waals surface area contributed by atoms with Crippen LogP contribution >= 0.6 is 0 Å². The second-order valence-electron chi connectivity index (χ2n) is 6.28. The van der Waals surface area contributed by atoms with E-state index >= 15 is 0 Å². The van der Waals surface area contributed by atoms with E-state index in [-0.39, 0.29) is 24.5 Å². The first kappa shape index (κ1) is 17.9. The summed E-state index contributed by atoms with van der Waals surface area (Å²) in [6.07, 6.45) is 0. The minimum Gasteiger partial charge on any atom is -0.497 e. The van der Waals surface area contributed by atoms with Gasteiger partial charge in [0.1, 0.15) is 5.75 Å². The van der Waals surface area contributed by atoms with E-state index in [2.05, 4.69) is 10.6 Å². The van der Waals surface area contributed by atoms with Gasteiger partial charge < -0.3 is 10.1 Å². The SMILES string of the molecule is COc1ccc(C(NCC(=O)N2CCNC2=O)c2ccc(C)cc2)cc1. The van der Waals surface area contributed by atoms with Crippen LogP contribution in [-0.4, -0.2) is 43.6 Å². The van der Waals surface area contributed by atoms with Crippen LogP contribution in [0.4, 0.5) is 4.79 Å². The van der Waals surface area contributed by atoms with Crippen LogP contribution in [0.5, 0.6) is 5.75 Å². The van der Waals surface area contributed by atoms with Crippen molar-refractivity contribution in [1.82, 2.24) is 15.5 Å². The molecule has 0 aromatic heterocycles. The molecule has 1 aliphatic heterocycles. The molecule has 6 nitrogen and oxygen atoms in total. The van der Waals surface area contributed by atoms with E-state index in [0.29, 0.717) is 13.1 Å². The maximum absolute atomic E-state index is 12.4. The molecule has 26 heavy (non-hydrogen) atoms. The molecule has 3 amide bonds. The lowest BCUT2D eigenvalue weighted by Crippen LogP contribution is -2.41. The summed E-state index contributed by atoms with van der Waals surface area (Å²) >= 11 is 0. The second-order valence-corrected chi connectivity index (χ2v) is 6.28. The Labute approximate surface area is 153 Å². The summed E-state index contributed by atoms with van der Waals surface area (Å²) in [7, 11) is 1.63. The Bertz CT molecular complexity index is 772. The lowest BCUT2D eigenvalue weighted by molar-refractivity contribution is -0.126. The van der Waals surface area contributed by atoms with Gasteiger partial charge in [0.15, 0.2) is 0 Å². The van der Waals surface area contributed by atoms with E-state index in [1.165, 1.54) is 10.5 Å². The van der Waals surface area contributed by atoms with Crippen LogP contribution in [0.25, 0.3) is 0 Å². The number of urea groups is 1. The lowest BCUT2D eigenvalue weighted by Gasteiger charge is -2.21. The minimum absolute atomic E-state index is 0.0813. The number of methoxy groups -OCH3 is 1. The molecule has 0 bridgehead atoms. The van der Waals surface area contributed by atoms with E-state index in [1.807, 2.05) is 55.5 Å². The molecule has 0 radical (unpaired) electrons. The molecule has 2 aromatic rings. The third kappa shape index (κ3) is 4.03. The fraction of sp³-hybridized carbons (Fsp3) is 0.300. The number of aryl methyl sites for hydroxylation is 1. The largest absolute Gasteiger partial charge is 0.497 e. The molecule has 3 rings (SSSR count). The van der Waals surface area contributed by atoms with E-state index in [1.54, 1.807) is 7.11 Å². The Morgan fingerprint density at radius 3 is 2.31 bits per heavy atom. The summed E-state index contributed by atoms with van der Waals surface area (Å²) in [5.41, 5.74) is 3.25. The van der Waals surface area contributed by atoms with Crippen molar-refractivity contribution in [3.8, 4) is 5.75 Å². The van der Waals surface area contributed by atoms with E-state index in [0.717, 1.165) is 16.9 Å². The van der Waals surface area contributed by atoms with Gasteiger partial charge in [-0.15, -0.1) is 0 Å². The number of nitrogens with zero attached hydrogens (tertiary/aromatic N) is 1. The van der Waals surface area contributed by atoms with Crippen molar-refractivity contribution in [2.45, 2.75) is 13.0 Å². The molecular weight excluding hydrogens is 330 g/mol. The van der Waals surface area contributed by atoms with Crippen molar-refractivity contribution < 1.29 is 14.3 Å². The molecule has 0 aliphatic carbocycles. The normalized spacial score (nSPS) is 14.8. The van der Waals surface area contributed by atoms with Crippen molar-refractivity contribution >= 4 is 11.9 Å². The van der Waals surface area contributed by atoms with Crippen molar-refractivity contribution in [1.29, 1.82) is 0 Å². The lowest BCUT2D eigenvalue weighted by atomic mass is 9.97. The van der Waals surface area contributed by atoms with Crippen LogP contribution in [0.3, 0.4) is 0 Å². The average molecular weight is 353 g/mol. The summed E-state index contributed by atoms with van der Waals surface area (Å²) < 4.78 is 5.22. The minimum atomic E-state index is -0.326. The molecule has 1 saturated heterocycles. The molecule has 1 fully saturated rings. The monoisotopic (exact) mass is 353 g/mol. The molecular formula is C20H23N3O3. The van der Waals surface area contributed by atoms with Crippen molar-refractivity contribution in [3.05, 3.63) is 65.2 Å². The van der Waals surface area contributed by atoms with Crippen molar-refractivity contribution in [2.24, 2.45) is 0 Å².